The van der Waals surface area contributed by atoms with E-state index in [1.54, 1.807) is 16.6 Å². The highest BCUT2D eigenvalue weighted by molar-refractivity contribution is 5.78. The molecule has 1 aromatic carbocycles. The lowest BCUT2D eigenvalue weighted by molar-refractivity contribution is -0.130. The van der Waals surface area contributed by atoms with Gasteiger partial charge in [0.2, 0.25) is 5.91 Å². The maximum absolute atomic E-state index is 12.2. The summed E-state index contributed by atoms with van der Waals surface area (Å²) in [5, 5.41) is 20.9. The predicted molar refractivity (Wildman–Crippen MR) is 79.2 cm³/mol. The highest BCUT2D eigenvalue weighted by atomic mass is 16.3. The van der Waals surface area contributed by atoms with Crippen LogP contribution < -0.4 is 0 Å². The number of amides is 1. The maximum atomic E-state index is 12.2. The van der Waals surface area contributed by atoms with Crippen molar-refractivity contribution in [2.75, 3.05) is 13.6 Å². The fourth-order valence-electron chi connectivity index (χ4n) is 2.37. The molecule has 1 amide bonds. The van der Waals surface area contributed by atoms with Crippen LogP contribution in [0.15, 0.2) is 30.6 Å². The molecule has 0 aliphatic heterocycles. The number of aliphatic hydroxyl groups is 1. The van der Waals surface area contributed by atoms with Gasteiger partial charge in [0.1, 0.15) is 6.33 Å². The Labute approximate surface area is 128 Å². The molecule has 1 heterocycles. The Morgan fingerprint density at radius 2 is 2.14 bits per heavy atom. The summed E-state index contributed by atoms with van der Waals surface area (Å²) in [5.74, 6) is 0.390. The van der Waals surface area contributed by atoms with E-state index in [4.69, 9.17) is 0 Å². The van der Waals surface area contributed by atoms with Gasteiger partial charge in [-0.1, -0.05) is 12.1 Å². The Balaban J connectivity index is 1.56. The molecule has 22 heavy (non-hydrogen) atoms. The summed E-state index contributed by atoms with van der Waals surface area (Å²) in [4.78, 5) is 13.8. The number of tetrazole rings is 1. The van der Waals surface area contributed by atoms with Crippen LogP contribution in [0.4, 0.5) is 0 Å². The van der Waals surface area contributed by atoms with Crippen molar-refractivity contribution in [2.45, 2.75) is 25.4 Å². The fraction of sp³-hybridized carbons (Fsp3) is 0.467. The molecule has 7 heteroatoms. The lowest BCUT2D eigenvalue weighted by atomic mass is 10.1. The molecule has 0 radical (unpaired) electrons. The van der Waals surface area contributed by atoms with Crippen LogP contribution in [0.5, 0.6) is 0 Å². The summed E-state index contributed by atoms with van der Waals surface area (Å²) < 4.78 is 1.56. The van der Waals surface area contributed by atoms with E-state index in [-0.39, 0.29) is 5.91 Å². The highest BCUT2D eigenvalue weighted by Crippen LogP contribution is 2.32. The SMILES string of the molecule is CN(CC(O)C1CC1)C(=O)Cc1ccc(-n2cnnn2)cc1. The normalized spacial score (nSPS) is 15.5. The summed E-state index contributed by atoms with van der Waals surface area (Å²) in [6.07, 6.45) is 3.59. The number of rotatable bonds is 6. The van der Waals surface area contributed by atoms with Crippen LogP contribution in [0.3, 0.4) is 0 Å². The zero-order valence-corrected chi connectivity index (χ0v) is 12.5. The van der Waals surface area contributed by atoms with Crippen molar-refractivity contribution >= 4 is 5.91 Å². The number of aliphatic hydroxyl groups excluding tert-OH is 1. The van der Waals surface area contributed by atoms with E-state index < -0.39 is 6.10 Å². The summed E-state index contributed by atoms with van der Waals surface area (Å²) in [5.41, 5.74) is 1.77. The molecule has 1 fully saturated rings. The van der Waals surface area contributed by atoms with Gasteiger partial charge in [0.25, 0.3) is 0 Å². The zero-order valence-electron chi connectivity index (χ0n) is 12.5. The Morgan fingerprint density at radius 3 is 2.73 bits per heavy atom. The molecule has 3 rings (SSSR count). The van der Waals surface area contributed by atoms with Gasteiger partial charge in [0.05, 0.1) is 18.2 Å². The Kier molecular flexibility index (Phi) is 4.15. The third-order valence-corrected chi connectivity index (χ3v) is 3.96. The summed E-state index contributed by atoms with van der Waals surface area (Å²) in [7, 11) is 1.74. The first-order chi connectivity index (χ1) is 10.6. The van der Waals surface area contributed by atoms with Crippen molar-refractivity contribution in [1.82, 2.24) is 25.1 Å². The molecule has 0 bridgehead atoms. The summed E-state index contributed by atoms with van der Waals surface area (Å²) in [6.45, 7) is 0.409. The topological polar surface area (TPSA) is 84.1 Å². The quantitative estimate of drug-likeness (QED) is 0.836. The van der Waals surface area contributed by atoms with Crippen molar-refractivity contribution in [3.63, 3.8) is 0 Å². The summed E-state index contributed by atoms with van der Waals surface area (Å²) >= 11 is 0. The third kappa shape index (κ3) is 3.48. The second kappa shape index (κ2) is 6.23. The van der Waals surface area contributed by atoms with Crippen molar-refractivity contribution < 1.29 is 9.90 Å². The van der Waals surface area contributed by atoms with Crippen LogP contribution in [0.25, 0.3) is 5.69 Å². The molecule has 1 saturated carbocycles. The standard InChI is InChI=1S/C15H19N5O2/c1-19(9-14(21)12-4-5-12)15(22)8-11-2-6-13(7-3-11)20-10-16-17-18-20/h2-3,6-7,10,12,14,21H,4-5,8-9H2,1H3. The maximum Gasteiger partial charge on any atom is 0.226 e. The van der Waals surface area contributed by atoms with Gasteiger partial charge in [0, 0.05) is 13.6 Å². The van der Waals surface area contributed by atoms with Gasteiger partial charge in [-0.25, -0.2) is 4.68 Å². The number of carbonyl (C=O) groups excluding carboxylic acids is 1. The Hall–Kier alpha value is -2.28. The van der Waals surface area contributed by atoms with Gasteiger partial charge in [-0.15, -0.1) is 5.10 Å². The van der Waals surface area contributed by atoms with Crippen LogP contribution in [-0.2, 0) is 11.2 Å². The number of hydrogen-bond donors (Lipinski definition) is 1. The summed E-state index contributed by atoms with van der Waals surface area (Å²) in [6, 6.07) is 7.52. The number of carbonyl (C=O) groups is 1. The molecule has 1 N–H and O–H groups in total. The number of aromatic nitrogens is 4. The largest absolute Gasteiger partial charge is 0.391 e. The Bertz CT molecular complexity index is 622. The zero-order chi connectivity index (χ0) is 15.5. The highest BCUT2D eigenvalue weighted by Gasteiger charge is 2.31. The van der Waals surface area contributed by atoms with Crippen LogP contribution in [0.1, 0.15) is 18.4 Å². The molecule has 1 unspecified atom stereocenters. The Morgan fingerprint density at radius 1 is 1.41 bits per heavy atom. The lowest BCUT2D eigenvalue weighted by Crippen LogP contribution is -2.36. The van der Waals surface area contributed by atoms with Gasteiger partial charge in [-0.2, -0.15) is 0 Å². The number of nitrogens with zero attached hydrogens (tertiary/aromatic N) is 5. The van der Waals surface area contributed by atoms with Gasteiger partial charge in [0.15, 0.2) is 0 Å². The molecule has 1 atom stereocenters. The monoisotopic (exact) mass is 301 g/mol. The van der Waals surface area contributed by atoms with Gasteiger partial charge in [-0.05, 0) is 46.9 Å². The number of benzene rings is 1. The average Bonchev–Trinajstić information content (AvgIpc) is 3.23. The first kappa shape index (κ1) is 14.6. The van der Waals surface area contributed by atoms with Crippen molar-refractivity contribution in [1.29, 1.82) is 0 Å². The second-order valence-corrected chi connectivity index (χ2v) is 5.78. The minimum absolute atomic E-state index is 0.00914. The first-order valence-corrected chi connectivity index (χ1v) is 7.38. The molecule has 1 aliphatic rings. The van der Waals surface area contributed by atoms with Crippen molar-refractivity contribution in [3.05, 3.63) is 36.2 Å². The van der Waals surface area contributed by atoms with Crippen LogP contribution in [0, 0.1) is 5.92 Å². The van der Waals surface area contributed by atoms with Gasteiger partial charge < -0.3 is 10.0 Å². The molecular formula is C15H19N5O2. The van der Waals surface area contributed by atoms with E-state index in [1.807, 2.05) is 24.3 Å². The molecule has 0 spiro atoms. The van der Waals surface area contributed by atoms with Crippen LogP contribution >= 0.6 is 0 Å². The van der Waals surface area contributed by atoms with Crippen molar-refractivity contribution in [3.8, 4) is 5.69 Å². The smallest absolute Gasteiger partial charge is 0.226 e. The number of likely N-dealkylation sites (N-methyl/N-ethyl adjacent to an activating group) is 1. The molecular weight excluding hydrogens is 282 g/mol. The van der Waals surface area contributed by atoms with Crippen LogP contribution in [0.2, 0.25) is 0 Å². The average molecular weight is 301 g/mol. The number of hydrogen-bond acceptors (Lipinski definition) is 5. The second-order valence-electron chi connectivity index (χ2n) is 5.78. The first-order valence-electron chi connectivity index (χ1n) is 7.38. The molecule has 0 saturated heterocycles. The molecule has 116 valence electrons. The molecule has 1 aromatic heterocycles. The minimum Gasteiger partial charge on any atom is -0.391 e. The van der Waals surface area contributed by atoms with E-state index in [0.717, 1.165) is 24.1 Å². The third-order valence-electron chi connectivity index (χ3n) is 3.96. The molecule has 7 nitrogen and oxygen atoms in total. The van der Waals surface area contributed by atoms with Crippen LogP contribution in [-0.4, -0.2) is 55.8 Å². The molecule has 2 aromatic rings. The van der Waals surface area contributed by atoms with Gasteiger partial charge >= 0.3 is 0 Å². The van der Waals surface area contributed by atoms with E-state index in [2.05, 4.69) is 15.5 Å². The van der Waals surface area contributed by atoms with E-state index >= 15 is 0 Å². The molecule has 1 aliphatic carbocycles. The van der Waals surface area contributed by atoms with Gasteiger partial charge in [-0.3, -0.25) is 4.79 Å². The van der Waals surface area contributed by atoms with E-state index in [9.17, 15) is 9.90 Å². The predicted octanol–water partition coefficient (Wildman–Crippen LogP) is 0.434. The lowest BCUT2D eigenvalue weighted by Gasteiger charge is -2.20. The fourth-order valence-corrected chi connectivity index (χ4v) is 2.37. The minimum atomic E-state index is -0.392. The van der Waals surface area contributed by atoms with E-state index in [1.165, 1.54) is 6.33 Å². The van der Waals surface area contributed by atoms with E-state index in [0.29, 0.717) is 18.9 Å². The van der Waals surface area contributed by atoms with Crippen molar-refractivity contribution in [2.24, 2.45) is 5.92 Å².